The lowest BCUT2D eigenvalue weighted by atomic mass is 9.83. The van der Waals surface area contributed by atoms with Gasteiger partial charge in [-0.15, -0.1) is 0 Å². The van der Waals surface area contributed by atoms with E-state index in [1.54, 1.807) is 0 Å². The third kappa shape index (κ3) is 4.89. The zero-order valence-corrected chi connectivity index (χ0v) is 14.7. The van der Waals surface area contributed by atoms with Gasteiger partial charge in [-0.2, -0.15) is 0 Å². The second-order valence-electron chi connectivity index (χ2n) is 7.26. The van der Waals surface area contributed by atoms with Gasteiger partial charge < -0.3 is 14.8 Å². The SMILES string of the molecule is CC1CCC(CNC(=O)CCCc2ccc3c(c2)OCCO3)CC1. The Kier molecular flexibility index (Phi) is 6.00. The molecule has 1 N–H and O–H groups in total. The number of benzene rings is 1. The summed E-state index contributed by atoms with van der Waals surface area (Å²) < 4.78 is 11.1. The van der Waals surface area contributed by atoms with Gasteiger partial charge >= 0.3 is 0 Å². The van der Waals surface area contributed by atoms with Gasteiger partial charge in [0.15, 0.2) is 11.5 Å². The predicted octanol–water partition coefficient (Wildman–Crippen LogP) is 3.72. The van der Waals surface area contributed by atoms with Crippen molar-refractivity contribution in [2.75, 3.05) is 19.8 Å². The Morgan fingerprint density at radius 1 is 1.12 bits per heavy atom. The third-order valence-electron chi connectivity index (χ3n) is 5.20. The third-order valence-corrected chi connectivity index (χ3v) is 5.20. The van der Waals surface area contributed by atoms with Crippen molar-refractivity contribution in [2.45, 2.75) is 51.9 Å². The van der Waals surface area contributed by atoms with Crippen LogP contribution in [0.1, 0.15) is 51.0 Å². The molecule has 0 bridgehead atoms. The van der Waals surface area contributed by atoms with Gasteiger partial charge in [0.2, 0.25) is 5.91 Å². The Morgan fingerprint density at radius 3 is 2.67 bits per heavy atom. The van der Waals surface area contributed by atoms with E-state index >= 15 is 0 Å². The van der Waals surface area contributed by atoms with Crippen LogP contribution in [0.15, 0.2) is 18.2 Å². The van der Waals surface area contributed by atoms with Crippen LogP contribution in [0.5, 0.6) is 11.5 Å². The number of rotatable bonds is 6. The van der Waals surface area contributed by atoms with E-state index in [4.69, 9.17) is 9.47 Å². The normalized spacial score (nSPS) is 22.9. The molecular formula is C20H29NO3. The van der Waals surface area contributed by atoms with E-state index in [9.17, 15) is 4.79 Å². The molecule has 1 fully saturated rings. The molecule has 0 spiro atoms. The number of hydrogen-bond acceptors (Lipinski definition) is 3. The molecular weight excluding hydrogens is 302 g/mol. The number of hydrogen-bond donors (Lipinski definition) is 1. The second kappa shape index (κ2) is 8.41. The molecule has 1 aliphatic carbocycles. The first kappa shape index (κ1) is 17.1. The minimum absolute atomic E-state index is 0.186. The number of aryl methyl sites for hydroxylation is 1. The minimum atomic E-state index is 0.186. The van der Waals surface area contributed by atoms with Gasteiger partial charge in [0.05, 0.1) is 0 Å². The first-order valence-electron chi connectivity index (χ1n) is 9.36. The van der Waals surface area contributed by atoms with Crippen molar-refractivity contribution in [1.82, 2.24) is 5.32 Å². The van der Waals surface area contributed by atoms with Crippen LogP contribution in [0.4, 0.5) is 0 Å². The van der Waals surface area contributed by atoms with Crippen molar-refractivity contribution in [3.8, 4) is 11.5 Å². The highest BCUT2D eigenvalue weighted by atomic mass is 16.6. The van der Waals surface area contributed by atoms with Gasteiger partial charge in [0, 0.05) is 13.0 Å². The topological polar surface area (TPSA) is 47.6 Å². The Bertz CT molecular complexity index is 550. The summed E-state index contributed by atoms with van der Waals surface area (Å²) in [5.74, 6) is 3.39. The lowest BCUT2D eigenvalue weighted by Gasteiger charge is -2.26. The predicted molar refractivity (Wildman–Crippen MR) is 94.5 cm³/mol. The Hall–Kier alpha value is -1.71. The highest BCUT2D eigenvalue weighted by Gasteiger charge is 2.18. The number of amides is 1. The first-order chi connectivity index (χ1) is 11.7. The fraction of sp³-hybridized carbons (Fsp3) is 0.650. The smallest absolute Gasteiger partial charge is 0.220 e. The average Bonchev–Trinajstić information content (AvgIpc) is 2.61. The molecule has 0 aromatic heterocycles. The molecule has 0 unspecified atom stereocenters. The van der Waals surface area contributed by atoms with Crippen molar-refractivity contribution in [1.29, 1.82) is 0 Å². The molecule has 0 atom stereocenters. The Morgan fingerprint density at radius 2 is 1.88 bits per heavy atom. The zero-order valence-electron chi connectivity index (χ0n) is 14.7. The van der Waals surface area contributed by atoms with E-state index in [2.05, 4.69) is 18.3 Å². The summed E-state index contributed by atoms with van der Waals surface area (Å²) in [6, 6.07) is 6.07. The highest BCUT2D eigenvalue weighted by Crippen LogP contribution is 2.31. The molecule has 1 aromatic carbocycles. The summed E-state index contributed by atoms with van der Waals surface area (Å²) in [5.41, 5.74) is 1.20. The van der Waals surface area contributed by atoms with E-state index in [0.717, 1.165) is 36.8 Å². The molecule has 1 amide bonds. The van der Waals surface area contributed by atoms with Crippen molar-refractivity contribution in [2.24, 2.45) is 11.8 Å². The van der Waals surface area contributed by atoms with E-state index in [-0.39, 0.29) is 5.91 Å². The number of carbonyl (C=O) groups excluding carboxylic acids is 1. The average molecular weight is 331 g/mol. The summed E-state index contributed by atoms with van der Waals surface area (Å²) in [6.45, 7) is 4.41. The van der Waals surface area contributed by atoms with Gasteiger partial charge in [0.1, 0.15) is 13.2 Å². The van der Waals surface area contributed by atoms with Gasteiger partial charge in [-0.1, -0.05) is 25.8 Å². The molecule has 0 saturated heterocycles. The van der Waals surface area contributed by atoms with Crippen LogP contribution in [0.25, 0.3) is 0 Å². The van der Waals surface area contributed by atoms with Gasteiger partial charge in [-0.05, 0) is 55.2 Å². The largest absolute Gasteiger partial charge is 0.486 e. The molecule has 132 valence electrons. The minimum Gasteiger partial charge on any atom is -0.486 e. The molecule has 4 heteroatoms. The maximum Gasteiger partial charge on any atom is 0.220 e. The molecule has 3 rings (SSSR count). The molecule has 1 heterocycles. The summed E-state index contributed by atoms with van der Waals surface area (Å²) in [4.78, 5) is 12.0. The monoisotopic (exact) mass is 331 g/mol. The molecule has 2 aliphatic rings. The molecule has 0 radical (unpaired) electrons. The summed E-state index contributed by atoms with van der Waals surface area (Å²) >= 11 is 0. The molecule has 24 heavy (non-hydrogen) atoms. The van der Waals surface area contributed by atoms with Crippen molar-refractivity contribution >= 4 is 5.91 Å². The zero-order chi connectivity index (χ0) is 16.8. The summed E-state index contributed by atoms with van der Waals surface area (Å²) in [6.07, 6.45) is 7.50. The van der Waals surface area contributed by atoms with Crippen molar-refractivity contribution in [3.63, 3.8) is 0 Å². The molecule has 4 nitrogen and oxygen atoms in total. The summed E-state index contributed by atoms with van der Waals surface area (Å²) in [7, 11) is 0. The fourth-order valence-corrected chi connectivity index (χ4v) is 3.58. The van der Waals surface area contributed by atoms with Gasteiger partial charge in [0.25, 0.3) is 0 Å². The van der Waals surface area contributed by atoms with E-state index in [1.807, 2.05) is 12.1 Å². The van der Waals surface area contributed by atoms with Crippen molar-refractivity contribution in [3.05, 3.63) is 23.8 Å². The second-order valence-corrected chi connectivity index (χ2v) is 7.26. The number of carbonyl (C=O) groups is 1. The fourth-order valence-electron chi connectivity index (χ4n) is 3.58. The maximum absolute atomic E-state index is 12.0. The van der Waals surface area contributed by atoms with Gasteiger partial charge in [-0.3, -0.25) is 4.79 Å². The number of fused-ring (bicyclic) bond motifs is 1. The van der Waals surface area contributed by atoms with Crippen LogP contribution in [-0.2, 0) is 11.2 Å². The lowest BCUT2D eigenvalue weighted by molar-refractivity contribution is -0.121. The van der Waals surface area contributed by atoms with Crippen LogP contribution in [-0.4, -0.2) is 25.7 Å². The van der Waals surface area contributed by atoms with Crippen LogP contribution in [0, 0.1) is 11.8 Å². The van der Waals surface area contributed by atoms with Crippen LogP contribution in [0.3, 0.4) is 0 Å². The van der Waals surface area contributed by atoms with Crippen LogP contribution < -0.4 is 14.8 Å². The number of ether oxygens (including phenoxy) is 2. The summed E-state index contributed by atoms with van der Waals surface area (Å²) in [5, 5.41) is 3.12. The quantitative estimate of drug-likeness (QED) is 0.864. The van der Waals surface area contributed by atoms with E-state index in [0.29, 0.717) is 25.6 Å². The number of nitrogens with one attached hydrogen (secondary N) is 1. The lowest BCUT2D eigenvalue weighted by Crippen LogP contribution is -2.30. The van der Waals surface area contributed by atoms with E-state index < -0.39 is 0 Å². The standard InChI is InChI=1S/C20H29NO3/c1-15-5-7-17(8-6-15)14-21-20(22)4-2-3-16-9-10-18-19(13-16)24-12-11-23-18/h9-10,13,15,17H,2-8,11-12,14H2,1H3,(H,21,22). The van der Waals surface area contributed by atoms with Gasteiger partial charge in [-0.25, -0.2) is 0 Å². The van der Waals surface area contributed by atoms with Crippen LogP contribution >= 0.6 is 0 Å². The van der Waals surface area contributed by atoms with E-state index in [1.165, 1.54) is 31.2 Å². The Balaban J connectivity index is 1.34. The molecule has 1 aromatic rings. The van der Waals surface area contributed by atoms with Crippen LogP contribution in [0.2, 0.25) is 0 Å². The molecule has 1 aliphatic heterocycles. The first-order valence-corrected chi connectivity index (χ1v) is 9.36. The maximum atomic E-state index is 12.0. The molecule has 1 saturated carbocycles. The van der Waals surface area contributed by atoms with Crippen molar-refractivity contribution < 1.29 is 14.3 Å². The Labute approximate surface area is 144 Å². The highest BCUT2D eigenvalue weighted by molar-refractivity contribution is 5.75.